The predicted molar refractivity (Wildman–Crippen MR) is 52.6 cm³/mol. The summed E-state index contributed by atoms with van der Waals surface area (Å²) in [5.41, 5.74) is -0.312. The maximum Gasteiger partial charge on any atom is 0.282 e. The number of nitrogens with zero attached hydrogens (tertiary/aromatic N) is 2. The fourth-order valence-corrected chi connectivity index (χ4v) is 3.27. The van der Waals surface area contributed by atoms with E-state index in [2.05, 4.69) is 0 Å². The lowest BCUT2D eigenvalue weighted by atomic mass is 10.1. The van der Waals surface area contributed by atoms with Gasteiger partial charge < -0.3 is 0 Å². The zero-order valence-electron chi connectivity index (χ0n) is 8.74. The van der Waals surface area contributed by atoms with Crippen LogP contribution < -0.4 is 0 Å². The summed E-state index contributed by atoms with van der Waals surface area (Å²) in [4.78, 5) is 0. The summed E-state index contributed by atoms with van der Waals surface area (Å²) in [5.74, 6) is 0. The Morgan fingerprint density at radius 2 is 1.69 bits per heavy atom. The number of hydrogen-bond acceptors (Lipinski definition) is 2. The van der Waals surface area contributed by atoms with Gasteiger partial charge in [-0.25, -0.2) is 0 Å². The Kier molecular flexibility index (Phi) is 2.71. The molecular weight excluding hydrogens is 188 g/mol. The van der Waals surface area contributed by atoms with Crippen molar-refractivity contribution in [2.75, 3.05) is 20.1 Å². The molecule has 0 aromatic rings. The van der Waals surface area contributed by atoms with E-state index in [1.165, 1.54) is 4.31 Å². The Balaban J connectivity index is 2.99. The monoisotopic (exact) mass is 206 g/mol. The highest BCUT2D eigenvalue weighted by Crippen LogP contribution is 2.23. The molecule has 0 saturated carbocycles. The highest BCUT2D eigenvalue weighted by Gasteiger charge is 2.37. The van der Waals surface area contributed by atoms with Crippen LogP contribution in [0.5, 0.6) is 0 Å². The van der Waals surface area contributed by atoms with Crippen molar-refractivity contribution in [3.8, 4) is 0 Å². The predicted octanol–water partition coefficient (Wildman–Crippen LogP) is 0.667. The van der Waals surface area contributed by atoms with E-state index in [1.807, 2.05) is 20.8 Å². The van der Waals surface area contributed by atoms with Gasteiger partial charge in [-0.3, -0.25) is 0 Å². The minimum atomic E-state index is -3.19. The van der Waals surface area contributed by atoms with E-state index in [4.69, 9.17) is 0 Å². The first-order valence-electron chi connectivity index (χ1n) is 4.50. The second-order valence-corrected chi connectivity index (χ2v) is 6.39. The normalized spacial score (nSPS) is 26.2. The summed E-state index contributed by atoms with van der Waals surface area (Å²) in [7, 11) is -1.56. The van der Waals surface area contributed by atoms with Crippen molar-refractivity contribution in [3.63, 3.8) is 0 Å². The third-order valence-electron chi connectivity index (χ3n) is 2.25. The lowest BCUT2D eigenvalue weighted by molar-refractivity contribution is 0.204. The molecule has 4 nitrogen and oxygen atoms in total. The molecule has 1 aliphatic heterocycles. The summed E-state index contributed by atoms with van der Waals surface area (Å²) in [6.07, 6.45) is 0.910. The standard InChI is InChI=1S/C8H18N2O2S/c1-8(2,3)10-7-5-6-9(4)13(10,11)12/h5-7H2,1-4H3. The average Bonchev–Trinajstić information content (AvgIpc) is 1.92. The van der Waals surface area contributed by atoms with Gasteiger partial charge in [0.25, 0.3) is 10.2 Å². The second-order valence-electron chi connectivity index (χ2n) is 4.43. The van der Waals surface area contributed by atoms with Crippen LogP contribution in [-0.2, 0) is 10.2 Å². The van der Waals surface area contributed by atoms with E-state index in [-0.39, 0.29) is 5.54 Å². The molecule has 1 heterocycles. The maximum absolute atomic E-state index is 11.8. The Hall–Kier alpha value is -0.130. The van der Waals surface area contributed by atoms with Crippen LogP contribution in [0.3, 0.4) is 0 Å². The lowest BCUT2D eigenvalue weighted by Crippen LogP contribution is -2.55. The molecule has 78 valence electrons. The van der Waals surface area contributed by atoms with Crippen LogP contribution in [0.15, 0.2) is 0 Å². The Morgan fingerprint density at radius 3 is 2.08 bits per heavy atom. The van der Waals surface area contributed by atoms with Crippen molar-refractivity contribution in [2.45, 2.75) is 32.7 Å². The largest absolute Gasteiger partial charge is 0.282 e. The molecule has 0 bridgehead atoms. The van der Waals surface area contributed by atoms with Crippen LogP contribution in [0, 0.1) is 0 Å². The van der Waals surface area contributed by atoms with Crippen molar-refractivity contribution in [1.82, 2.24) is 8.61 Å². The van der Waals surface area contributed by atoms with E-state index >= 15 is 0 Å². The molecular formula is C8H18N2O2S. The topological polar surface area (TPSA) is 40.6 Å². The van der Waals surface area contributed by atoms with Crippen LogP contribution in [0.2, 0.25) is 0 Å². The van der Waals surface area contributed by atoms with Crippen LogP contribution in [-0.4, -0.2) is 42.7 Å². The van der Waals surface area contributed by atoms with Crippen molar-refractivity contribution < 1.29 is 8.42 Å². The lowest BCUT2D eigenvalue weighted by Gasteiger charge is -2.40. The highest BCUT2D eigenvalue weighted by molar-refractivity contribution is 7.86. The Bertz CT molecular complexity index is 279. The summed E-state index contributed by atoms with van der Waals surface area (Å²) >= 11 is 0. The van der Waals surface area contributed by atoms with Gasteiger partial charge in [-0.1, -0.05) is 0 Å². The number of hydrogen-bond donors (Lipinski definition) is 0. The molecule has 0 unspecified atom stereocenters. The molecule has 0 aromatic carbocycles. The van der Waals surface area contributed by atoms with E-state index in [0.29, 0.717) is 13.1 Å². The van der Waals surface area contributed by atoms with Gasteiger partial charge in [-0.15, -0.1) is 0 Å². The van der Waals surface area contributed by atoms with E-state index in [9.17, 15) is 8.42 Å². The van der Waals surface area contributed by atoms with Crippen LogP contribution in [0.4, 0.5) is 0 Å². The summed E-state index contributed by atoms with van der Waals surface area (Å²) in [6, 6.07) is 0. The van der Waals surface area contributed by atoms with Gasteiger partial charge in [0, 0.05) is 25.7 Å². The zero-order chi connectivity index (χ0) is 10.3. The number of rotatable bonds is 0. The third kappa shape index (κ3) is 2.03. The first-order chi connectivity index (χ1) is 5.76. The van der Waals surface area contributed by atoms with Gasteiger partial charge >= 0.3 is 0 Å². The van der Waals surface area contributed by atoms with Gasteiger partial charge in [0.05, 0.1) is 0 Å². The molecule has 1 aliphatic rings. The molecule has 0 spiro atoms. The molecule has 1 saturated heterocycles. The van der Waals surface area contributed by atoms with Gasteiger partial charge in [-0.05, 0) is 27.2 Å². The molecule has 1 fully saturated rings. The average molecular weight is 206 g/mol. The second kappa shape index (κ2) is 3.22. The quantitative estimate of drug-likeness (QED) is 0.584. The summed E-state index contributed by atoms with van der Waals surface area (Å²) in [5, 5.41) is 0. The van der Waals surface area contributed by atoms with E-state index < -0.39 is 10.2 Å². The van der Waals surface area contributed by atoms with Crippen molar-refractivity contribution in [1.29, 1.82) is 0 Å². The van der Waals surface area contributed by atoms with Crippen LogP contribution >= 0.6 is 0 Å². The van der Waals surface area contributed by atoms with Gasteiger partial charge in [0.2, 0.25) is 0 Å². The van der Waals surface area contributed by atoms with Gasteiger partial charge in [0.1, 0.15) is 0 Å². The fraction of sp³-hybridized carbons (Fsp3) is 1.00. The molecule has 5 heteroatoms. The molecule has 0 radical (unpaired) electrons. The van der Waals surface area contributed by atoms with E-state index in [0.717, 1.165) is 6.42 Å². The Labute approximate surface area is 80.7 Å². The molecule has 1 rings (SSSR count). The van der Waals surface area contributed by atoms with Crippen molar-refractivity contribution in [2.24, 2.45) is 0 Å². The first-order valence-corrected chi connectivity index (χ1v) is 5.90. The summed E-state index contributed by atoms with van der Waals surface area (Å²) in [6.45, 7) is 7.03. The third-order valence-corrected chi connectivity index (χ3v) is 4.51. The van der Waals surface area contributed by atoms with Crippen molar-refractivity contribution >= 4 is 10.2 Å². The molecule has 13 heavy (non-hydrogen) atoms. The van der Waals surface area contributed by atoms with Gasteiger partial charge in [0.15, 0.2) is 0 Å². The van der Waals surface area contributed by atoms with Crippen molar-refractivity contribution in [3.05, 3.63) is 0 Å². The van der Waals surface area contributed by atoms with Crippen LogP contribution in [0.1, 0.15) is 27.2 Å². The first kappa shape index (κ1) is 10.9. The zero-order valence-corrected chi connectivity index (χ0v) is 9.56. The summed E-state index contributed by atoms with van der Waals surface area (Å²) < 4.78 is 26.6. The maximum atomic E-state index is 11.8. The minimum absolute atomic E-state index is 0.312. The van der Waals surface area contributed by atoms with Gasteiger partial charge in [-0.2, -0.15) is 17.0 Å². The Morgan fingerprint density at radius 1 is 1.15 bits per heavy atom. The van der Waals surface area contributed by atoms with E-state index in [1.54, 1.807) is 11.4 Å². The molecule has 0 atom stereocenters. The highest BCUT2D eigenvalue weighted by atomic mass is 32.2. The SMILES string of the molecule is CN1CCCN(C(C)(C)C)S1(=O)=O. The fourth-order valence-electron chi connectivity index (χ4n) is 1.52. The minimum Gasteiger partial charge on any atom is -0.195 e. The molecule has 0 aliphatic carbocycles. The van der Waals surface area contributed by atoms with Crippen LogP contribution in [0.25, 0.3) is 0 Å². The molecule has 0 amide bonds. The molecule has 0 N–H and O–H groups in total. The molecule has 0 aromatic heterocycles. The smallest absolute Gasteiger partial charge is 0.195 e.